The Balaban J connectivity index is 3.78. The molecular formula is C9H18N2O. The molecule has 0 bridgehead atoms. The maximum Gasteiger partial charge on any atom is 0.0908 e. The van der Waals surface area contributed by atoms with Gasteiger partial charge in [0.15, 0.2) is 0 Å². The van der Waals surface area contributed by atoms with Crippen molar-refractivity contribution >= 4 is 0 Å². The van der Waals surface area contributed by atoms with Crippen molar-refractivity contribution in [3.05, 3.63) is 11.5 Å². The number of hydrogen-bond donors (Lipinski definition) is 1. The summed E-state index contributed by atoms with van der Waals surface area (Å²) in [6.45, 7) is 14.8. The van der Waals surface area contributed by atoms with E-state index in [0.29, 0.717) is 13.0 Å². The van der Waals surface area contributed by atoms with E-state index in [2.05, 4.69) is 25.7 Å². The van der Waals surface area contributed by atoms with E-state index in [1.54, 1.807) is 5.01 Å². The molecular weight excluding hydrogens is 152 g/mol. The quantitative estimate of drug-likeness (QED) is 0.512. The van der Waals surface area contributed by atoms with Crippen LogP contribution in [0.3, 0.4) is 0 Å². The maximum absolute atomic E-state index is 8.58. The summed E-state index contributed by atoms with van der Waals surface area (Å²) in [6.07, 6.45) is 0.679. The molecule has 0 aliphatic heterocycles. The van der Waals surface area contributed by atoms with Crippen molar-refractivity contribution in [3.63, 3.8) is 0 Å². The summed E-state index contributed by atoms with van der Waals surface area (Å²) in [5, 5.41) is 10.3. The zero-order valence-electron chi connectivity index (χ0n) is 8.17. The Labute approximate surface area is 74.8 Å². The first kappa shape index (κ1) is 11.2. The number of aliphatic hydroxyl groups excluding tert-OH is 1. The molecule has 0 atom stereocenters. The average molecular weight is 170 g/mol. The van der Waals surface area contributed by atoms with E-state index < -0.39 is 0 Å². The lowest BCUT2D eigenvalue weighted by molar-refractivity contribution is 0.217. The zero-order valence-corrected chi connectivity index (χ0v) is 8.17. The van der Waals surface area contributed by atoms with Gasteiger partial charge in [0.1, 0.15) is 0 Å². The SMILES string of the molecule is [C-]#[N+]N(CCCO)CC(C)(C)C. The van der Waals surface area contributed by atoms with E-state index >= 15 is 0 Å². The first-order valence-electron chi connectivity index (χ1n) is 4.23. The smallest absolute Gasteiger partial charge is 0.0908 e. The Morgan fingerprint density at radius 2 is 2.00 bits per heavy atom. The van der Waals surface area contributed by atoms with Crippen LogP contribution in [0.4, 0.5) is 0 Å². The van der Waals surface area contributed by atoms with Crippen molar-refractivity contribution in [2.75, 3.05) is 19.7 Å². The molecule has 0 fully saturated rings. The molecule has 0 saturated carbocycles. The molecule has 70 valence electrons. The summed E-state index contributed by atoms with van der Waals surface area (Å²) in [7, 11) is 0. The highest BCUT2D eigenvalue weighted by atomic mass is 16.3. The highest BCUT2D eigenvalue weighted by molar-refractivity contribution is 4.70. The normalized spacial score (nSPS) is 10.9. The Bertz CT molecular complexity index is 155. The summed E-state index contributed by atoms with van der Waals surface area (Å²) in [5.74, 6) is 0. The van der Waals surface area contributed by atoms with Crippen LogP contribution in [0, 0.1) is 12.0 Å². The van der Waals surface area contributed by atoms with E-state index in [0.717, 1.165) is 6.54 Å². The van der Waals surface area contributed by atoms with Crippen LogP contribution in [0.2, 0.25) is 0 Å². The molecule has 0 spiro atoms. The van der Waals surface area contributed by atoms with E-state index in [-0.39, 0.29) is 12.0 Å². The molecule has 0 aromatic heterocycles. The fraction of sp³-hybridized carbons (Fsp3) is 0.889. The van der Waals surface area contributed by atoms with Gasteiger partial charge in [-0.1, -0.05) is 20.8 Å². The predicted molar refractivity (Wildman–Crippen MR) is 49.3 cm³/mol. The van der Waals surface area contributed by atoms with Crippen LogP contribution in [0.25, 0.3) is 4.95 Å². The third-order valence-electron chi connectivity index (χ3n) is 1.37. The Morgan fingerprint density at radius 1 is 1.42 bits per heavy atom. The first-order valence-corrected chi connectivity index (χ1v) is 4.23. The zero-order chi connectivity index (χ0) is 9.61. The predicted octanol–water partition coefficient (Wildman–Crippen LogP) is 1.55. The van der Waals surface area contributed by atoms with Gasteiger partial charge >= 0.3 is 0 Å². The minimum absolute atomic E-state index is 0.153. The van der Waals surface area contributed by atoms with Crippen LogP contribution < -0.4 is 0 Å². The van der Waals surface area contributed by atoms with Crippen molar-refractivity contribution in [2.45, 2.75) is 27.2 Å². The van der Waals surface area contributed by atoms with Gasteiger partial charge in [-0.15, -0.1) is 5.01 Å². The summed E-state index contributed by atoms with van der Waals surface area (Å²) in [6, 6.07) is 0. The largest absolute Gasteiger partial charge is 0.396 e. The van der Waals surface area contributed by atoms with Crippen LogP contribution in [-0.2, 0) is 0 Å². The minimum atomic E-state index is 0.153. The summed E-state index contributed by atoms with van der Waals surface area (Å²) >= 11 is 0. The van der Waals surface area contributed by atoms with Gasteiger partial charge < -0.3 is 5.11 Å². The second-order valence-corrected chi connectivity index (χ2v) is 4.13. The lowest BCUT2D eigenvalue weighted by atomic mass is 9.97. The highest BCUT2D eigenvalue weighted by Gasteiger charge is 2.17. The first-order chi connectivity index (χ1) is 5.49. The highest BCUT2D eigenvalue weighted by Crippen LogP contribution is 2.15. The third kappa shape index (κ3) is 5.99. The molecule has 0 aromatic carbocycles. The van der Waals surface area contributed by atoms with Gasteiger partial charge in [0, 0.05) is 6.61 Å². The maximum atomic E-state index is 8.58. The van der Waals surface area contributed by atoms with Crippen molar-refractivity contribution in [1.82, 2.24) is 5.01 Å². The van der Waals surface area contributed by atoms with Gasteiger partial charge in [-0.25, -0.2) is 0 Å². The Hall–Kier alpha value is -0.750. The van der Waals surface area contributed by atoms with Crippen molar-refractivity contribution < 1.29 is 5.11 Å². The lowest BCUT2D eigenvalue weighted by Crippen LogP contribution is -2.28. The van der Waals surface area contributed by atoms with Gasteiger partial charge in [-0.3, -0.25) is 0 Å². The second kappa shape index (κ2) is 5.00. The Morgan fingerprint density at radius 3 is 2.33 bits per heavy atom. The number of rotatable bonds is 4. The summed E-state index contributed by atoms with van der Waals surface area (Å²) in [4.78, 5) is 3.38. The molecule has 0 aromatic rings. The molecule has 3 heteroatoms. The lowest BCUT2D eigenvalue weighted by Gasteiger charge is -2.20. The van der Waals surface area contributed by atoms with Gasteiger partial charge in [0.05, 0.1) is 13.1 Å². The fourth-order valence-electron chi connectivity index (χ4n) is 0.965. The van der Waals surface area contributed by atoms with Gasteiger partial charge in [0.2, 0.25) is 0 Å². The van der Waals surface area contributed by atoms with Crippen LogP contribution in [0.5, 0.6) is 0 Å². The van der Waals surface area contributed by atoms with Crippen LogP contribution in [0.15, 0.2) is 0 Å². The fourth-order valence-corrected chi connectivity index (χ4v) is 0.965. The second-order valence-electron chi connectivity index (χ2n) is 4.13. The molecule has 1 N–H and O–H groups in total. The molecule has 0 heterocycles. The molecule has 3 nitrogen and oxygen atoms in total. The van der Waals surface area contributed by atoms with E-state index in [4.69, 9.17) is 11.7 Å². The number of aliphatic hydroxyl groups is 1. The van der Waals surface area contributed by atoms with Crippen LogP contribution >= 0.6 is 0 Å². The molecule has 0 radical (unpaired) electrons. The van der Waals surface area contributed by atoms with E-state index in [9.17, 15) is 0 Å². The molecule has 0 saturated heterocycles. The minimum Gasteiger partial charge on any atom is -0.396 e. The van der Waals surface area contributed by atoms with Gasteiger partial charge in [0.25, 0.3) is 0 Å². The molecule has 0 rings (SSSR count). The standard InChI is InChI=1S/C9H18N2O/c1-9(2,3)8-11(10-4)6-5-7-12/h12H,5-8H2,1-3H3. The van der Waals surface area contributed by atoms with Gasteiger partial charge in [-0.05, 0) is 11.8 Å². The number of hydrogen-bond acceptors (Lipinski definition) is 2. The Kier molecular flexibility index (Phi) is 4.68. The summed E-state index contributed by atoms with van der Waals surface area (Å²) < 4.78 is 0. The topological polar surface area (TPSA) is 27.8 Å². The monoisotopic (exact) mass is 170 g/mol. The molecule has 0 aliphatic rings. The molecule has 12 heavy (non-hydrogen) atoms. The third-order valence-corrected chi connectivity index (χ3v) is 1.37. The molecule has 0 amide bonds. The van der Waals surface area contributed by atoms with E-state index in [1.165, 1.54) is 0 Å². The van der Waals surface area contributed by atoms with Crippen molar-refractivity contribution in [3.8, 4) is 0 Å². The van der Waals surface area contributed by atoms with Crippen molar-refractivity contribution in [2.24, 2.45) is 5.41 Å². The van der Waals surface area contributed by atoms with Crippen LogP contribution in [-0.4, -0.2) is 29.8 Å². The molecule has 0 unspecified atom stereocenters. The van der Waals surface area contributed by atoms with Crippen molar-refractivity contribution in [1.29, 1.82) is 0 Å². The van der Waals surface area contributed by atoms with Gasteiger partial charge in [-0.2, -0.15) is 11.5 Å². The summed E-state index contributed by atoms with van der Waals surface area (Å²) in [5.41, 5.74) is 0.153. The van der Waals surface area contributed by atoms with Crippen LogP contribution in [0.1, 0.15) is 27.2 Å². The average Bonchev–Trinajstić information content (AvgIpc) is 1.95. The van der Waals surface area contributed by atoms with E-state index in [1.807, 2.05) is 0 Å². The number of nitrogens with zero attached hydrogens (tertiary/aromatic N) is 2. The molecule has 0 aliphatic carbocycles.